The van der Waals surface area contributed by atoms with Crippen molar-refractivity contribution >= 4 is 28.6 Å². The van der Waals surface area contributed by atoms with Gasteiger partial charge in [0, 0.05) is 31.4 Å². The van der Waals surface area contributed by atoms with Gasteiger partial charge in [-0.05, 0) is 19.9 Å². The van der Waals surface area contributed by atoms with Crippen molar-refractivity contribution in [3.8, 4) is 0 Å². The van der Waals surface area contributed by atoms with E-state index in [1.165, 1.54) is 0 Å². The van der Waals surface area contributed by atoms with Crippen molar-refractivity contribution in [2.45, 2.75) is 19.9 Å². The number of hydrogen-bond donors (Lipinski definition) is 1. The Hall–Kier alpha value is -2.74. The number of hydrogen-bond acceptors (Lipinski definition) is 7. The lowest BCUT2D eigenvalue weighted by Crippen LogP contribution is -2.37. The van der Waals surface area contributed by atoms with Crippen LogP contribution in [0, 0.1) is 0 Å². The van der Waals surface area contributed by atoms with Gasteiger partial charge in [-0.25, -0.2) is 15.0 Å². The van der Waals surface area contributed by atoms with Crippen LogP contribution < -0.4 is 10.2 Å². The quantitative estimate of drug-likeness (QED) is 0.781. The maximum Gasteiger partial charge on any atom is 0.227 e. The largest absolute Gasteiger partial charge is 0.378 e. The van der Waals surface area contributed by atoms with Gasteiger partial charge in [-0.2, -0.15) is 4.98 Å². The number of ether oxygens (including phenoxy) is 1. The first-order valence-corrected chi connectivity index (χ1v) is 8.46. The lowest BCUT2D eigenvalue weighted by molar-refractivity contribution is 0.122. The van der Waals surface area contributed by atoms with Gasteiger partial charge in [0.15, 0.2) is 0 Å². The summed E-state index contributed by atoms with van der Waals surface area (Å²) < 4.78 is 7.51. The molecule has 0 spiro atoms. The van der Waals surface area contributed by atoms with E-state index < -0.39 is 0 Å². The second kappa shape index (κ2) is 6.64. The number of imidazole rings is 1. The summed E-state index contributed by atoms with van der Waals surface area (Å²) in [5.74, 6) is 2.17. The van der Waals surface area contributed by atoms with Crippen LogP contribution >= 0.6 is 0 Å². The van der Waals surface area contributed by atoms with E-state index in [4.69, 9.17) is 4.74 Å². The number of nitrogens with one attached hydrogen (secondary N) is 1. The summed E-state index contributed by atoms with van der Waals surface area (Å²) in [6.45, 7) is 7.29. The zero-order valence-corrected chi connectivity index (χ0v) is 14.4. The smallest absolute Gasteiger partial charge is 0.227 e. The first-order valence-electron chi connectivity index (χ1n) is 8.46. The van der Waals surface area contributed by atoms with Gasteiger partial charge in [0.2, 0.25) is 5.95 Å². The van der Waals surface area contributed by atoms with Crippen LogP contribution in [0.2, 0.25) is 0 Å². The molecule has 0 radical (unpaired) electrons. The molecular weight excluding hydrogens is 318 g/mol. The molecule has 4 rings (SSSR count). The monoisotopic (exact) mass is 339 g/mol. The van der Waals surface area contributed by atoms with Crippen molar-refractivity contribution in [2.75, 3.05) is 36.5 Å². The number of rotatable bonds is 4. The van der Waals surface area contributed by atoms with Crippen LogP contribution in [-0.4, -0.2) is 50.8 Å². The van der Waals surface area contributed by atoms with E-state index in [9.17, 15) is 0 Å². The number of fused-ring (bicyclic) bond motifs is 1. The van der Waals surface area contributed by atoms with Crippen LogP contribution in [-0.2, 0) is 4.74 Å². The van der Waals surface area contributed by atoms with Crippen molar-refractivity contribution in [1.29, 1.82) is 0 Å². The van der Waals surface area contributed by atoms with Crippen molar-refractivity contribution in [2.24, 2.45) is 0 Å². The first-order chi connectivity index (χ1) is 12.2. The predicted molar refractivity (Wildman–Crippen MR) is 96.3 cm³/mol. The average Bonchev–Trinajstić information content (AvgIpc) is 3.06. The zero-order chi connectivity index (χ0) is 17.2. The highest BCUT2D eigenvalue weighted by atomic mass is 16.5. The van der Waals surface area contributed by atoms with Crippen molar-refractivity contribution in [1.82, 2.24) is 24.5 Å². The van der Waals surface area contributed by atoms with Gasteiger partial charge in [-0.3, -0.25) is 0 Å². The fourth-order valence-corrected chi connectivity index (χ4v) is 2.88. The molecule has 1 fully saturated rings. The van der Waals surface area contributed by atoms with Crippen LogP contribution in [0.1, 0.15) is 19.9 Å². The summed E-state index contributed by atoms with van der Waals surface area (Å²) in [6, 6.07) is 4.18. The van der Waals surface area contributed by atoms with E-state index >= 15 is 0 Å². The van der Waals surface area contributed by atoms with E-state index in [2.05, 4.69) is 48.6 Å². The lowest BCUT2D eigenvalue weighted by atomic mass is 10.3. The molecule has 25 heavy (non-hydrogen) atoms. The summed E-state index contributed by atoms with van der Waals surface area (Å²) in [5.41, 5.74) is 1.94. The van der Waals surface area contributed by atoms with Gasteiger partial charge in [0.1, 0.15) is 17.2 Å². The van der Waals surface area contributed by atoms with E-state index in [0.29, 0.717) is 25.2 Å². The maximum atomic E-state index is 5.38. The molecule has 3 aromatic heterocycles. The Morgan fingerprint density at radius 2 is 1.96 bits per heavy atom. The molecule has 130 valence electrons. The Balaban J connectivity index is 1.59. The highest BCUT2D eigenvalue weighted by Crippen LogP contribution is 2.22. The Labute approximate surface area is 145 Å². The molecule has 0 saturated carbocycles. The fraction of sp³-hybridized carbons (Fsp3) is 0.412. The van der Waals surface area contributed by atoms with Crippen LogP contribution in [0.25, 0.3) is 11.0 Å². The van der Waals surface area contributed by atoms with E-state index in [1.807, 2.05) is 18.5 Å². The molecule has 1 saturated heterocycles. The van der Waals surface area contributed by atoms with Crippen LogP contribution in [0.3, 0.4) is 0 Å². The minimum atomic E-state index is 0.340. The third kappa shape index (κ3) is 3.25. The Bertz CT molecular complexity index is 870. The molecule has 0 atom stereocenters. The van der Waals surface area contributed by atoms with Gasteiger partial charge in [-0.1, -0.05) is 0 Å². The Morgan fingerprint density at radius 1 is 1.12 bits per heavy atom. The van der Waals surface area contributed by atoms with E-state index in [1.54, 1.807) is 12.4 Å². The van der Waals surface area contributed by atoms with Crippen molar-refractivity contribution in [3.63, 3.8) is 0 Å². The molecule has 1 N–H and O–H groups in total. The summed E-state index contributed by atoms with van der Waals surface area (Å²) in [4.78, 5) is 19.9. The van der Waals surface area contributed by atoms with E-state index in [0.717, 1.165) is 35.8 Å². The SMILES string of the molecule is CC(C)n1cnc2cnc(Nc3ccnc(N4CCOCC4)n3)cc21. The van der Waals surface area contributed by atoms with E-state index in [-0.39, 0.29) is 0 Å². The average molecular weight is 339 g/mol. The topological polar surface area (TPSA) is 81.0 Å². The number of aromatic nitrogens is 5. The predicted octanol–water partition coefficient (Wildman–Crippen LogP) is 2.38. The first kappa shape index (κ1) is 15.8. The van der Waals surface area contributed by atoms with Crippen molar-refractivity contribution in [3.05, 3.63) is 30.9 Å². The van der Waals surface area contributed by atoms with Gasteiger partial charge in [0.05, 0.1) is 31.3 Å². The molecule has 1 aliphatic rings. The summed E-state index contributed by atoms with van der Waals surface area (Å²) in [5, 5.41) is 3.27. The molecule has 4 heterocycles. The fourth-order valence-electron chi connectivity index (χ4n) is 2.88. The third-order valence-corrected chi connectivity index (χ3v) is 4.21. The Kier molecular flexibility index (Phi) is 4.19. The molecule has 1 aliphatic heterocycles. The van der Waals surface area contributed by atoms with Gasteiger partial charge >= 0.3 is 0 Å². The summed E-state index contributed by atoms with van der Waals surface area (Å²) in [7, 11) is 0. The molecule has 0 unspecified atom stereocenters. The zero-order valence-electron chi connectivity index (χ0n) is 14.4. The van der Waals surface area contributed by atoms with Crippen LogP contribution in [0.15, 0.2) is 30.9 Å². The number of morpholine rings is 1. The number of anilines is 3. The number of nitrogens with zero attached hydrogens (tertiary/aromatic N) is 6. The van der Waals surface area contributed by atoms with Gasteiger partial charge in [0.25, 0.3) is 0 Å². The van der Waals surface area contributed by atoms with Crippen molar-refractivity contribution < 1.29 is 4.74 Å². The molecule has 8 heteroatoms. The molecule has 0 amide bonds. The van der Waals surface area contributed by atoms with Gasteiger partial charge < -0.3 is 19.5 Å². The number of pyridine rings is 1. The lowest BCUT2D eigenvalue weighted by Gasteiger charge is -2.26. The minimum Gasteiger partial charge on any atom is -0.378 e. The minimum absolute atomic E-state index is 0.340. The van der Waals surface area contributed by atoms with Crippen LogP contribution in [0.5, 0.6) is 0 Å². The Morgan fingerprint density at radius 3 is 2.76 bits per heavy atom. The second-order valence-corrected chi connectivity index (χ2v) is 6.27. The van der Waals surface area contributed by atoms with Crippen LogP contribution in [0.4, 0.5) is 17.6 Å². The maximum absolute atomic E-state index is 5.38. The molecule has 8 nitrogen and oxygen atoms in total. The standard InChI is InChI=1S/C17H21N7O/c1-12(2)24-11-20-13-10-19-16(9-14(13)24)21-15-3-4-18-17(22-15)23-5-7-25-8-6-23/h3-4,9-12H,5-8H2,1-2H3,(H,18,19,21,22). The third-order valence-electron chi connectivity index (χ3n) is 4.21. The normalized spacial score (nSPS) is 15.1. The molecular formula is C17H21N7O. The molecule has 0 bridgehead atoms. The highest BCUT2D eigenvalue weighted by molar-refractivity contribution is 5.78. The molecule has 3 aromatic rings. The highest BCUT2D eigenvalue weighted by Gasteiger charge is 2.14. The second-order valence-electron chi connectivity index (χ2n) is 6.27. The summed E-state index contributed by atoms with van der Waals surface area (Å²) >= 11 is 0. The van der Waals surface area contributed by atoms with Gasteiger partial charge in [-0.15, -0.1) is 0 Å². The molecule has 0 aliphatic carbocycles. The molecule has 0 aromatic carbocycles. The summed E-state index contributed by atoms with van der Waals surface area (Å²) in [6.07, 6.45) is 5.39.